The highest BCUT2D eigenvalue weighted by Crippen LogP contribution is 2.18. The number of carbonyl (C=O) groups is 1. The van der Waals surface area contributed by atoms with E-state index in [4.69, 9.17) is 5.11 Å². The van der Waals surface area contributed by atoms with Crippen LogP contribution in [0, 0.1) is 6.92 Å². The van der Waals surface area contributed by atoms with E-state index in [1.807, 2.05) is 23.8 Å². The lowest BCUT2D eigenvalue weighted by Gasteiger charge is -2.07. The molecule has 0 saturated heterocycles. The second kappa shape index (κ2) is 4.80. The lowest BCUT2D eigenvalue weighted by Crippen LogP contribution is -2.07. The minimum Gasteiger partial charge on any atom is -0.478 e. The molecular formula is C14H14N4O2. The summed E-state index contributed by atoms with van der Waals surface area (Å²) in [5.74, 6) is -0.0554. The average molecular weight is 270 g/mol. The van der Waals surface area contributed by atoms with Gasteiger partial charge in [-0.25, -0.2) is 14.8 Å². The number of benzene rings is 1. The van der Waals surface area contributed by atoms with Gasteiger partial charge in [-0.3, -0.25) is 0 Å². The van der Waals surface area contributed by atoms with Crippen LogP contribution in [0.15, 0.2) is 36.9 Å². The van der Waals surface area contributed by atoms with Crippen LogP contribution in [0.2, 0.25) is 0 Å². The molecule has 0 aliphatic rings. The molecule has 0 saturated carbocycles. The summed E-state index contributed by atoms with van der Waals surface area (Å²) in [5, 5.41) is 9.00. The van der Waals surface area contributed by atoms with Gasteiger partial charge in [-0.1, -0.05) is 0 Å². The van der Waals surface area contributed by atoms with Crippen LogP contribution in [0.1, 0.15) is 16.2 Å². The number of carboxylic acids is 1. The predicted octanol–water partition coefficient (Wildman–Crippen LogP) is 1.94. The van der Waals surface area contributed by atoms with Crippen molar-refractivity contribution in [3.63, 3.8) is 0 Å². The summed E-state index contributed by atoms with van der Waals surface area (Å²) in [4.78, 5) is 19.4. The average Bonchev–Trinajstić information content (AvgIpc) is 3.02. The first-order chi connectivity index (χ1) is 9.65. The van der Waals surface area contributed by atoms with Crippen LogP contribution in [-0.2, 0) is 13.1 Å². The normalized spacial score (nSPS) is 11.1. The lowest BCUT2D eigenvalue weighted by atomic mass is 10.2. The Kier molecular flexibility index (Phi) is 2.98. The molecular weight excluding hydrogens is 256 g/mol. The second-order valence-corrected chi connectivity index (χ2v) is 4.62. The zero-order valence-corrected chi connectivity index (χ0v) is 11.0. The van der Waals surface area contributed by atoms with Crippen molar-refractivity contribution < 1.29 is 9.90 Å². The topological polar surface area (TPSA) is 72.9 Å². The molecule has 0 bridgehead atoms. The molecule has 1 N–H and O–H groups in total. The number of carboxylic acid groups (broad SMARTS) is 1. The molecule has 0 aliphatic heterocycles. The quantitative estimate of drug-likeness (QED) is 0.786. The number of hydrogen-bond acceptors (Lipinski definition) is 3. The molecule has 0 spiro atoms. The van der Waals surface area contributed by atoms with Gasteiger partial charge >= 0.3 is 5.97 Å². The maximum absolute atomic E-state index is 11.0. The number of aromatic nitrogens is 4. The van der Waals surface area contributed by atoms with E-state index in [1.165, 1.54) is 0 Å². The molecule has 6 heteroatoms. The molecule has 3 rings (SSSR count). The molecule has 0 radical (unpaired) electrons. The Labute approximate surface area is 115 Å². The molecule has 0 atom stereocenters. The van der Waals surface area contributed by atoms with E-state index in [2.05, 4.69) is 14.5 Å². The second-order valence-electron chi connectivity index (χ2n) is 4.62. The number of aromatic carboxylic acids is 1. The number of fused-ring (bicyclic) bond motifs is 1. The Hall–Kier alpha value is -2.63. The smallest absolute Gasteiger partial charge is 0.335 e. The fourth-order valence-corrected chi connectivity index (χ4v) is 2.30. The molecule has 102 valence electrons. The maximum atomic E-state index is 11.0. The first kappa shape index (κ1) is 12.4. The van der Waals surface area contributed by atoms with E-state index >= 15 is 0 Å². The van der Waals surface area contributed by atoms with Crippen molar-refractivity contribution >= 4 is 17.0 Å². The summed E-state index contributed by atoms with van der Waals surface area (Å²) in [5.41, 5.74) is 1.93. The molecule has 6 nitrogen and oxygen atoms in total. The highest BCUT2D eigenvalue weighted by atomic mass is 16.4. The number of imidazole rings is 2. The SMILES string of the molecule is Cc1nc2cc(C(=O)O)ccc2n1CCn1ccnc1. The van der Waals surface area contributed by atoms with Crippen molar-refractivity contribution in [2.45, 2.75) is 20.0 Å². The van der Waals surface area contributed by atoms with Crippen molar-refractivity contribution in [1.29, 1.82) is 0 Å². The summed E-state index contributed by atoms with van der Waals surface area (Å²) < 4.78 is 4.08. The molecule has 3 aromatic rings. The Morgan fingerprint density at radius 3 is 2.90 bits per heavy atom. The fraction of sp³-hybridized carbons (Fsp3) is 0.214. The van der Waals surface area contributed by atoms with Crippen LogP contribution in [0.3, 0.4) is 0 Å². The Morgan fingerprint density at radius 1 is 1.35 bits per heavy atom. The molecule has 0 unspecified atom stereocenters. The van der Waals surface area contributed by atoms with E-state index < -0.39 is 5.97 Å². The van der Waals surface area contributed by atoms with Crippen molar-refractivity contribution in [3.8, 4) is 0 Å². The standard InChI is InChI=1S/C14H14N4O2/c1-10-16-12-8-11(14(19)20)2-3-13(12)18(10)7-6-17-5-4-15-9-17/h2-5,8-9H,6-7H2,1H3,(H,19,20). The summed E-state index contributed by atoms with van der Waals surface area (Å²) in [6, 6.07) is 5.03. The first-order valence-electron chi connectivity index (χ1n) is 6.31. The van der Waals surface area contributed by atoms with Crippen LogP contribution >= 0.6 is 0 Å². The van der Waals surface area contributed by atoms with E-state index in [0.29, 0.717) is 5.52 Å². The number of hydrogen-bond donors (Lipinski definition) is 1. The summed E-state index contributed by atoms with van der Waals surface area (Å²) in [7, 11) is 0. The minimum absolute atomic E-state index is 0.261. The zero-order chi connectivity index (χ0) is 14.1. The highest BCUT2D eigenvalue weighted by Gasteiger charge is 2.10. The van der Waals surface area contributed by atoms with Gasteiger partial charge in [0.15, 0.2) is 0 Å². The first-order valence-corrected chi connectivity index (χ1v) is 6.31. The number of aryl methyl sites for hydroxylation is 3. The van der Waals surface area contributed by atoms with Crippen LogP contribution < -0.4 is 0 Å². The third-order valence-electron chi connectivity index (χ3n) is 3.33. The third-order valence-corrected chi connectivity index (χ3v) is 3.33. The number of rotatable bonds is 4. The summed E-state index contributed by atoms with van der Waals surface area (Å²) >= 11 is 0. The summed E-state index contributed by atoms with van der Waals surface area (Å²) in [6.45, 7) is 3.49. The largest absolute Gasteiger partial charge is 0.478 e. The highest BCUT2D eigenvalue weighted by molar-refractivity contribution is 5.92. The zero-order valence-electron chi connectivity index (χ0n) is 11.0. The molecule has 2 heterocycles. The monoisotopic (exact) mass is 270 g/mol. The lowest BCUT2D eigenvalue weighted by molar-refractivity contribution is 0.0697. The molecule has 0 aliphatic carbocycles. The van der Waals surface area contributed by atoms with Gasteiger partial charge in [-0.15, -0.1) is 0 Å². The van der Waals surface area contributed by atoms with E-state index in [9.17, 15) is 4.79 Å². The Bertz CT molecular complexity index is 759. The van der Waals surface area contributed by atoms with Gasteiger partial charge in [0.25, 0.3) is 0 Å². The van der Waals surface area contributed by atoms with Crippen molar-refractivity contribution in [2.75, 3.05) is 0 Å². The van der Waals surface area contributed by atoms with Gasteiger partial charge in [0, 0.05) is 25.5 Å². The molecule has 1 aromatic carbocycles. The van der Waals surface area contributed by atoms with Gasteiger partial charge in [-0.05, 0) is 25.1 Å². The van der Waals surface area contributed by atoms with Crippen LogP contribution in [-0.4, -0.2) is 30.2 Å². The molecule has 0 fully saturated rings. The van der Waals surface area contributed by atoms with Crippen LogP contribution in [0.5, 0.6) is 0 Å². The van der Waals surface area contributed by atoms with E-state index in [0.717, 1.165) is 24.4 Å². The van der Waals surface area contributed by atoms with Gasteiger partial charge in [-0.2, -0.15) is 0 Å². The maximum Gasteiger partial charge on any atom is 0.335 e. The predicted molar refractivity (Wildman–Crippen MR) is 73.7 cm³/mol. The fourth-order valence-electron chi connectivity index (χ4n) is 2.30. The minimum atomic E-state index is -0.933. The molecule has 2 aromatic heterocycles. The van der Waals surface area contributed by atoms with E-state index in [1.54, 1.807) is 24.7 Å². The van der Waals surface area contributed by atoms with Crippen molar-refractivity contribution in [1.82, 2.24) is 19.1 Å². The third kappa shape index (κ3) is 2.16. The van der Waals surface area contributed by atoms with E-state index in [-0.39, 0.29) is 5.56 Å². The Balaban J connectivity index is 1.94. The number of nitrogens with zero attached hydrogens (tertiary/aromatic N) is 4. The summed E-state index contributed by atoms with van der Waals surface area (Å²) in [6.07, 6.45) is 5.44. The van der Waals surface area contributed by atoms with Gasteiger partial charge in [0.1, 0.15) is 5.82 Å². The molecule has 0 amide bonds. The molecule has 20 heavy (non-hydrogen) atoms. The van der Waals surface area contributed by atoms with Gasteiger partial charge in [0.05, 0.1) is 22.9 Å². The van der Waals surface area contributed by atoms with Crippen LogP contribution in [0.4, 0.5) is 0 Å². The van der Waals surface area contributed by atoms with Crippen molar-refractivity contribution in [2.24, 2.45) is 0 Å². The van der Waals surface area contributed by atoms with Gasteiger partial charge < -0.3 is 14.2 Å². The van der Waals surface area contributed by atoms with Crippen LogP contribution in [0.25, 0.3) is 11.0 Å². The van der Waals surface area contributed by atoms with Crippen molar-refractivity contribution in [3.05, 3.63) is 48.3 Å². The van der Waals surface area contributed by atoms with Gasteiger partial charge in [0.2, 0.25) is 0 Å². The Morgan fingerprint density at radius 2 is 2.20 bits per heavy atom.